The number of sulfonamides is 1. The van der Waals surface area contributed by atoms with Gasteiger partial charge in [0.15, 0.2) is 5.96 Å². The fraction of sp³-hybridized carbons (Fsp3) is 0.593. The number of benzene rings is 1. The van der Waals surface area contributed by atoms with Crippen molar-refractivity contribution in [3.8, 4) is 0 Å². The van der Waals surface area contributed by atoms with Crippen LogP contribution in [0.4, 0.5) is 0 Å². The summed E-state index contributed by atoms with van der Waals surface area (Å²) < 4.78 is 35.0. The van der Waals surface area contributed by atoms with Gasteiger partial charge < -0.3 is 25.2 Å². The highest BCUT2D eigenvalue weighted by atomic mass is 32.2. The number of nitrogens with zero attached hydrogens (tertiary/aromatic N) is 3. The molecule has 1 aromatic carbocycles. The van der Waals surface area contributed by atoms with Crippen molar-refractivity contribution in [2.75, 3.05) is 40.3 Å². The highest BCUT2D eigenvalue weighted by Gasteiger charge is 2.40. The number of nitrogens with one attached hydrogen (secondary N) is 2. The molecule has 1 aromatic rings. The Balaban J connectivity index is 1.63. The number of likely N-dealkylation sites (N-methyl/N-ethyl adjacent to an activating group) is 1. The maximum Gasteiger partial charge on any atom is 0.328 e. The van der Waals surface area contributed by atoms with Gasteiger partial charge in [-0.15, -0.1) is 0 Å². The number of esters is 1. The zero-order chi connectivity index (χ0) is 28.3. The smallest absolute Gasteiger partial charge is 0.328 e. The number of hydrogen-bond acceptors (Lipinski definition) is 7. The van der Waals surface area contributed by atoms with Crippen molar-refractivity contribution in [2.24, 2.45) is 11.7 Å². The second-order valence-corrected chi connectivity index (χ2v) is 12.7. The van der Waals surface area contributed by atoms with E-state index in [9.17, 15) is 18.0 Å². The highest BCUT2D eigenvalue weighted by molar-refractivity contribution is 7.89. The van der Waals surface area contributed by atoms with Gasteiger partial charge in [-0.1, -0.05) is 24.6 Å². The van der Waals surface area contributed by atoms with Crippen LogP contribution in [0.3, 0.4) is 0 Å². The van der Waals surface area contributed by atoms with E-state index in [-0.39, 0.29) is 23.2 Å². The fourth-order valence-electron chi connectivity index (χ4n) is 5.67. The Morgan fingerprint density at radius 1 is 1.21 bits per heavy atom. The summed E-state index contributed by atoms with van der Waals surface area (Å²) in [6.45, 7) is 4.85. The van der Waals surface area contributed by atoms with Gasteiger partial charge >= 0.3 is 5.97 Å². The first-order valence-corrected chi connectivity index (χ1v) is 14.9. The molecule has 12 heteroatoms. The number of hydrogen-bond donors (Lipinski definition) is 3. The Morgan fingerprint density at radius 2 is 1.97 bits per heavy atom. The number of piperidine rings is 1. The van der Waals surface area contributed by atoms with Crippen molar-refractivity contribution < 1.29 is 22.7 Å². The van der Waals surface area contributed by atoms with Gasteiger partial charge in [-0.05, 0) is 68.3 Å². The number of fused-ring (bicyclic) bond motifs is 1. The van der Waals surface area contributed by atoms with Crippen LogP contribution in [0.2, 0.25) is 0 Å². The first-order valence-electron chi connectivity index (χ1n) is 13.5. The number of nitrogens with two attached hydrogens (primary N) is 1. The Hall–Kier alpha value is -2.96. The molecule has 4 N–H and O–H groups in total. The molecule has 11 nitrogen and oxygen atoms in total. The molecular formula is C27H40N6O5S. The number of carbonyl (C=O) groups excluding carboxylic acids is 2. The van der Waals surface area contributed by atoms with E-state index in [0.29, 0.717) is 45.4 Å². The molecule has 3 aliphatic heterocycles. The Labute approximate surface area is 230 Å². The van der Waals surface area contributed by atoms with E-state index in [0.717, 1.165) is 29.7 Å². The number of amides is 1. The first-order chi connectivity index (χ1) is 18.5. The van der Waals surface area contributed by atoms with Crippen molar-refractivity contribution in [3.63, 3.8) is 0 Å². The molecule has 0 aliphatic carbocycles. The van der Waals surface area contributed by atoms with Crippen LogP contribution in [0.5, 0.6) is 0 Å². The predicted octanol–water partition coefficient (Wildman–Crippen LogP) is 1.04. The third-order valence-corrected chi connectivity index (χ3v) is 9.41. The molecule has 3 aliphatic rings. The minimum atomic E-state index is -4.07. The minimum Gasteiger partial charge on any atom is -0.467 e. The van der Waals surface area contributed by atoms with Gasteiger partial charge in [0.05, 0.1) is 12.0 Å². The van der Waals surface area contributed by atoms with Crippen LogP contribution in [0, 0.1) is 11.3 Å². The molecule has 3 heterocycles. The second kappa shape index (κ2) is 12.1. The molecule has 214 valence electrons. The maximum absolute atomic E-state index is 14.0. The van der Waals surface area contributed by atoms with Crippen molar-refractivity contribution >= 4 is 27.9 Å². The summed E-state index contributed by atoms with van der Waals surface area (Å²) in [5, 5.41) is 7.80. The van der Waals surface area contributed by atoms with Crippen LogP contribution >= 0.6 is 0 Å². The SMILES string of the molecule is COC(=O)[C@@H]1C[C@@H](C)CCN1C(=O)[C@H](CC1=CCCN(C(=N)N)C1)NS(=O)(=O)c1ccc2c(c1)CN(C)CC2. The van der Waals surface area contributed by atoms with Gasteiger partial charge in [-0.3, -0.25) is 10.2 Å². The topological polar surface area (TPSA) is 149 Å². The number of guanidine groups is 1. The van der Waals surface area contributed by atoms with Gasteiger partial charge in [-0.25, -0.2) is 13.2 Å². The molecule has 1 saturated heterocycles. The molecule has 0 aromatic heterocycles. The average molecular weight is 561 g/mol. The highest BCUT2D eigenvalue weighted by Crippen LogP contribution is 2.27. The van der Waals surface area contributed by atoms with Crippen molar-refractivity contribution in [2.45, 2.75) is 62.6 Å². The van der Waals surface area contributed by atoms with Crippen LogP contribution in [-0.4, -0.2) is 93.4 Å². The Bertz CT molecular complexity index is 1250. The summed E-state index contributed by atoms with van der Waals surface area (Å²) in [5.74, 6) is -0.805. The van der Waals surface area contributed by atoms with Crippen LogP contribution in [0.1, 0.15) is 43.7 Å². The fourth-order valence-corrected chi connectivity index (χ4v) is 6.91. The number of likely N-dealkylation sites (tertiary alicyclic amines) is 1. The van der Waals surface area contributed by atoms with Gasteiger partial charge in [0.1, 0.15) is 12.1 Å². The third kappa shape index (κ3) is 6.79. The van der Waals surface area contributed by atoms with E-state index < -0.39 is 34.0 Å². The van der Waals surface area contributed by atoms with E-state index in [4.69, 9.17) is 15.9 Å². The predicted molar refractivity (Wildman–Crippen MR) is 147 cm³/mol. The molecule has 4 rings (SSSR count). The van der Waals surface area contributed by atoms with Gasteiger partial charge in [0.25, 0.3) is 0 Å². The number of ether oxygens (including phenoxy) is 1. The summed E-state index contributed by atoms with van der Waals surface area (Å²) in [5.41, 5.74) is 8.59. The molecule has 3 atom stereocenters. The monoisotopic (exact) mass is 560 g/mol. The zero-order valence-electron chi connectivity index (χ0n) is 23.0. The molecular weight excluding hydrogens is 520 g/mol. The third-order valence-electron chi connectivity index (χ3n) is 7.94. The number of rotatable bonds is 7. The molecule has 0 unspecified atom stereocenters. The molecule has 1 fully saturated rings. The van der Waals surface area contributed by atoms with E-state index in [1.807, 2.05) is 26.1 Å². The largest absolute Gasteiger partial charge is 0.467 e. The average Bonchev–Trinajstić information content (AvgIpc) is 2.91. The lowest BCUT2D eigenvalue weighted by Gasteiger charge is -2.39. The normalized spacial score (nSPS) is 23.0. The van der Waals surface area contributed by atoms with Crippen molar-refractivity contribution in [3.05, 3.63) is 41.0 Å². The van der Waals surface area contributed by atoms with Crippen LogP contribution in [0.15, 0.2) is 34.7 Å². The summed E-state index contributed by atoms with van der Waals surface area (Å²) in [6.07, 6.45) is 4.72. The standard InChI is InChI=1S/C27H40N6O5S/c1-18-8-12-33(24(13-18)26(35)38-3)25(34)23(14-19-5-4-10-32(16-19)27(28)29)30-39(36,37)22-7-6-20-9-11-31(2)17-21(20)15-22/h5-7,15,18,23-24,30H,4,8-14,16-17H2,1-3H3,(H3,28,29)/t18-,23-,24-/m0/s1. The molecule has 0 bridgehead atoms. The van der Waals surface area contributed by atoms with Crippen molar-refractivity contribution in [1.82, 2.24) is 19.4 Å². The number of carbonyl (C=O) groups is 2. The summed E-state index contributed by atoms with van der Waals surface area (Å²) in [7, 11) is -0.779. The number of methoxy groups -OCH3 is 1. The lowest BCUT2D eigenvalue weighted by molar-refractivity contribution is -0.156. The summed E-state index contributed by atoms with van der Waals surface area (Å²) in [6, 6.07) is 3.22. The van der Waals surface area contributed by atoms with Gasteiger partial charge in [-0.2, -0.15) is 4.72 Å². The zero-order valence-corrected chi connectivity index (χ0v) is 23.8. The van der Waals surface area contributed by atoms with Crippen LogP contribution in [-0.2, 0) is 37.3 Å². The van der Waals surface area contributed by atoms with E-state index >= 15 is 0 Å². The van der Waals surface area contributed by atoms with Gasteiger partial charge in [0.2, 0.25) is 15.9 Å². The maximum atomic E-state index is 14.0. The Morgan fingerprint density at radius 3 is 2.69 bits per heavy atom. The van der Waals surface area contributed by atoms with E-state index in [2.05, 4.69) is 9.62 Å². The van der Waals surface area contributed by atoms with Crippen LogP contribution < -0.4 is 10.5 Å². The molecule has 0 radical (unpaired) electrons. The van der Waals surface area contributed by atoms with Gasteiger partial charge in [0, 0.05) is 32.7 Å². The lowest BCUT2D eigenvalue weighted by Crippen LogP contribution is -2.57. The van der Waals surface area contributed by atoms with Crippen LogP contribution in [0.25, 0.3) is 0 Å². The van der Waals surface area contributed by atoms with E-state index in [1.54, 1.807) is 17.0 Å². The quantitative estimate of drug-likeness (QED) is 0.194. The first kappa shape index (κ1) is 29.0. The molecule has 1 amide bonds. The molecule has 0 spiro atoms. The lowest BCUT2D eigenvalue weighted by atomic mass is 9.91. The minimum absolute atomic E-state index is 0.0705. The molecule has 0 saturated carbocycles. The van der Waals surface area contributed by atoms with Crippen molar-refractivity contribution in [1.29, 1.82) is 5.41 Å². The second-order valence-electron chi connectivity index (χ2n) is 11.0. The summed E-state index contributed by atoms with van der Waals surface area (Å²) >= 11 is 0. The Kier molecular flexibility index (Phi) is 8.97. The van der Waals surface area contributed by atoms with E-state index in [1.165, 1.54) is 12.0 Å². The molecule has 39 heavy (non-hydrogen) atoms. The summed E-state index contributed by atoms with van der Waals surface area (Å²) in [4.78, 5) is 32.0.